The quantitative estimate of drug-likeness (QED) is 0.825. The summed E-state index contributed by atoms with van der Waals surface area (Å²) < 4.78 is 39.0. The van der Waals surface area contributed by atoms with Crippen LogP contribution in [0, 0.1) is 0 Å². The standard InChI is InChI=1S/C9H6BrF3N2S/c10-6-2-4-16-7(6)5-15-3-1-8(14-15)9(11,12)13/h1-4H,5H2. The van der Waals surface area contributed by atoms with Gasteiger partial charge in [0.05, 0.1) is 6.54 Å². The van der Waals surface area contributed by atoms with Crippen LogP contribution in [0.5, 0.6) is 0 Å². The largest absolute Gasteiger partial charge is 0.435 e. The molecule has 0 saturated heterocycles. The second-order valence-corrected chi connectivity index (χ2v) is 4.94. The van der Waals surface area contributed by atoms with E-state index in [1.807, 2.05) is 11.4 Å². The van der Waals surface area contributed by atoms with E-state index in [0.29, 0.717) is 6.54 Å². The molecule has 0 aliphatic carbocycles. The third-order valence-corrected chi connectivity index (χ3v) is 3.84. The molecule has 0 fully saturated rings. The predicted octanol–water partition coefficient (Wildman–Crippen LogP) is 3.77. The number of nitrogens with zero attached hydrogens (tertiary/aromatic N) is 2. The molecule has 2 rings (SSSR count). The lowest BCUT2D eigenvalue weighted by molar-refractivity contribution is -0.141. The lowest BCUT2D eigenvalue weighted by atomic mass is 10.4. The molecule has 7 heteroatoms. The number of thiophene rings is 1. The van der Waals surface area contributed by atoms with Gasteiger partial charge in [0.2, 0.25) is 0 Å². The van der Waals surface area contributed by atoms with Crippen LogP contribution in [0.25, 0.3) is 0 Å². The maximum atomic E-state index is 12.3. The van der Waals surface area contributed by atoms with Crippen LogP contribution < -0.4 is 0 Å². The molecule has 16 heavy (non-hydrogen) atoms. The minimum Gasteiger partial charge on any atom is -0.267 e. The molecule has 0 bridgehead atoms. The topological polar surface area (TPSA) is 17.8 Å². The molecule has 2 aromatic rings. The Labute approximate surface area is 102 Å². The lowest BCUT2D eigenvalue weighted by Crippen LogP contribution is -2.08. The van der Waals surface area contributed by atoms with Crippen molar-refractivity contribution in [3.05, 3.63) is 38.8 Å². The van der Waals surface area contributed by atoms with Crippen LogP contribution >= 0.6 is 27.3 Å². The number of hydrogen-bond acceptors (Lipinski definition) is 2. The summed E-state index contributed by atoms with van der Waals surface area (Å²) in [5, 5.41) is 5.34. The average Bonchev–Trinajstić information content (AvgIpc) is 2.76. The van der Waals surface area contributed by atoms with Gasteiger partial charge in [-0.1, -0.05) is 0 Å². The zero-order valence-electron chi connectivity index (χ0n) is 7.83. The highest BCUT2D eigenvalue weighted by molar-refractivity contribution is 9.10. The molecule has 2 heterocycles. The Morgan fingerprint density at radius 2 is 2.12 bits per heavy atom. The fourth-order valence-corrected chi connectivity index (χ4v) is 2.65. The fraction of sp³-hybridized carbons (Fsp3) is 0.222. The minimum absolute atomic E-state index is 0.342. The van der Waals surface area contributed by atoms with Crippen molar-refractivity contribution in [2.45, 2.75) is 12.7 Å². The first-order valence-corrected chi connectivity index (χ1v) is 5.96. The first-order chi connectivity index (χ1) is 7.47. The van der Waals surface area contributed by atoms with E-state index in [1.165, 1.54) is 22.2 Å². The molecule has 0 saturated carbocycles. The summed E-state index contributed by atoms with van der Waals surface area (Å²) >= 11 is 4.79. The number of alkyl halides is 3. The molecule has 0 aliphatic heterocycles. The van der Waals surface area contributed by atoms with Crippen LogP contribution in [0.3, 0.4) is 0 Å². The van der Waals surface area contributed by atoms with Crippen molar-refractivity contribution in [3.63, 3.8) is 0 Å². The van der Waals surface area contributed by atoms with Gasteiger partial charge in [0.15, 0.2) is 5.69 Å². The number of rotatable bonds is 2. The van der Waals surface area contributed by atoms with E-state index < -0.39 is 11.9 Å². The molecule has 0 atom stereocenters. The van der Waals surface area contributed by atoms with Gasteiger partial charge in [0.25, 0.3) is 0 Å². The van der Waals surface area contributed by atoms with Gasteiger partial charge in [-0.25, -0.2) is 0 Å². The smallest absolute Gasteiger partial charge is 0.267 e. The molecular formula is C9H6BrF3N2S. The molecule has 2 nitrogen and oxygen atoms in total. The summed E-state index contributed by atoms with van der Waals surface area (Å²) in [5.41, 5.74) is -0.861. The Bertz CT molecular complexity index is 489. The van der Waals surface area contributed by atoms with E-state index in [0.717, 1.165) is 15.4 Å². The van der Waals surface area contributed by atoms with Crippen LogP contribution in [0.2, 0.25) is 0 Å². The van der Waals surface area contributed by atoms with Gasteiger partial charge in [0.1, 0.15) is 0 Å². The number of halogens is 4. The van der Waals surface area contributed by atoms with E-state index in [-0.39, 0.29) is 0 Å². The lowest BCUT2D eigenvalue weighted by Gasteiger charge is -2.02. The van der Waals surface area contributed by atoms with Crippen LogP contribution in [-0.2, 0) is 12.7 Å². The fourth-order valence-electron chi connectivity index (χ4n) is 1.19. The molecular weight excluding hydrogens is 305 g/mol. The second-order valence-electron chi connectivity index (χ2n) is 3.09. The van der Waals surface area contributed by atoms with E-state index in [9.17, 15) is 13.2 Å². The number of aromatic nitrogens is 2. The maximum Gasteiger partial charge on any atom is 0.435 e. The van der Waals surface area contributed by atoms with E-state index in [4.69, 9.17) is 0 Å². The first-order valence-electron chi connectivity index (χ1n) is 4.29. The second kappa shape index (κ2) is 4.21. The first kappa shape index (κ1) is 11.7. The third kappa shape index (κ3) is 2.46. The molecule has 0 spiro atoms. The van der Waals surface area contributed by atoms with Crippen LogP contribution in [-0.4, -0.2) is 9.78 Å². The molecule has 0 aliphatic rings. The summed E-state index contributed by atoms with van der Waals surface area (Å²) in [4.78, 5) is 0.942. The molecule has 86 valence electrons. The highest BCUT2D eigenvalue weighted by Gasteiger charge is 2.33. The van der Waals surface area contributed by atoms with Crippen LogP contribution in [0.15, 0.2) is 28.2 Å². The van der Waals surface area contributed by atoms with E-state index >= 15 is 0 Å². The van der Waals surface area contributed by atoms with Crippen molar-refractivity contribution in [1.29, 1.82) is 0 Å². The molecule has 2 aromatic heterocycles. The van der Waals surface area contributed by atoms with Gasteiger partial charge < -0.3 is 0 Å². The molecule has 0 N–H and O–H groups in total. The van der Waals surface area contributed by atoms with Crippen molar-refractivity contribution < 1.29 is 13.2 Å². The van der Waals surface area contributed by atoms with E-state index in [1.54, 1.807) is 0 Å². The molecule has 0 radical (unpaired) electrons. The Balaban J connectivity index is 2.18. The average molecular weight is 311 g/mol. The van der Waals surface area contributed by atoms with Gasteiger partial charge >= 0.3 is 6.18 Å². The Morgan fingerprint density at radius 1 is 1.38 bits per heavy atom. The Kier molecular flexibility index (Phi) is 3.07. The molecule has 0 aromatic carbocycles. The van der Waals surface area contributed by atoms with Crippen LogP contribution in [0.1, 0.15) is 10.6 Å². The monoisotopic (exact) mass is 310 g/mol. The summed E-state index contributed by atoms with van der Waals surface area (Å²) in [6, 6.07) is 2.83. The zero-order chi connectivity index (χ0) is 11.8. The Hall–Kier alpha value is -0.820. The SMILES string of the molecule is FC(F)(F)c1ccn(Cc2sccc2Br)n1. The zero-order valence-corrected chi connectivity index (χ0v) is 10.2. The number of hydrogen-bond donors (Lipinski definition) is 0. The van der Waals surface area contributed by atoms with Crippen molar-refractivity contribution in [2.24, 2.45) is 0 Å². The van der Waals surface area contributed by atoms with Gasteiger partial charge in [0, 0.05) is 15.5 Å². The van der Waals surface area contributed by atoms with Crippen LogP contribution in [0.4, 0.5) is 13.2 Å². The Morgan fingerprint density at radius 3 is 2.62 bits per heavy atom. The normalized spacial score (nSPS) is 12.0. The van der Waals surface area contributed by atoms with Crippen molar-refractivity contribution in [1.82, 2.24) is 9.78 Å². The molecule has 0 amide bonds. The minimum atomic E-state index is -4.38. The van der Waals surface area contributed by atoms with Crippen molar-refractivity contribution >= 4 is 27.3 Å². The summed E-state index contributed by atoms with van der Waals surface area (Å²) in [6.07, 6.45) is -3.05. The van der Waals surface area contributed by atoms with Gasteiger partial charge in [-0.3, -0.25) is 4.68 Å². The third-order valence-electron chi connectivity index (χ3n) is 1.93. The summed E-state index contributed by atoms with van der Waals surface area (Å²) in [5.74, 6) is 0. The highest BCUT2D eigenvalue weighted by atomic mass is 79.9. The maximum absolute atomic E-state index is 12.3. The summed E-state index contributed by atoms with van der Waals surface area (Å²) in [6.45, 7) is 0.342. The van der Waals surface area contributed by atoms with Gasteiger partial charge in [-0.05, 0) is 33.4 Å². The van der Waals surface area contributed by atoms with Crippen molar-refractivity contribution in [3.8, 4) is 0 Å². The van der Waals surface area contributed by atoms with Gasteiger partial charge in [-0.2, -0.15) is 18.3 Å². The van der Waals surface area contributed by atoms with Gasteiger partial charge in [-0.15, -0.1) is 11.3 Å². The highest BCUT2D eigenvalue weighted by Crippen LogP contribution is 2.28. The van der Waals surface area contributed by atoms with E-state index in [2.05, 4.69) is 21.0 Å². The predicted molar refractivity (Wildman–Crippen MR) is 58.4 cm³/mol. The molecule has 0 unspecified atom stereocenters. The summed E-state index contributed by atoms with van der Waals surface area (Å²) in [7, 11) is 0. The van der Waals surface area contributed by atoms with Crippen molar-refractivity contribution in [2.75, 3.05) is 0 Å².